The van der Waals surface area contributed by atoms with Crippen LogP contribution in [0.4, 0.5) is 36.3 Å². The maximum atomic E-state index is 13.1. The van der Waals surface area contributed by atoms with Crippen molar-refractivity contribution in [1.82, 2.24) is 9.97 Å². The van der Waals surface area contributed by atoms with E-state index in [9.17, 15) is 18.0 Å². The highest BCUT2D eigenvalue weighted by Crippen LogP contribution is 2.38. The van der Waals surface area contributed by atoms with Gasteiger partial charge in [-0.1, -0.05) is 26.0 Å². The lowest BCUT2D eigenvalue weighted by molar-refractivity contribution is -0.137. The van der Waals surface area contributed by atoms with Crippen LogP contribution in [0.3, 0.4) is 0 Å². The molecule has 1 aromatic heterocycles. The van der Waals surface area contributed by atoms with Gasteiger partial charge in [0.25, 0.3) is 0 Å². The van der Waals surface area contributed by atoms with Crippen LogP contribution in [0.15, 0.2) is 42.5 Å². The first-order valence-corrected chi connectivity index (χ1v) is 10.6. The molecule has 4 rings (SSSR count). The maximum absolute atomic E-state index is 13.1. The first-order valence-electron chi connectivity index (χ1n) is 10.6. The Labute approximate surface area is 190 Å². The molecule has 0 spiro atoms. The Morgan fingerprint density at radius 1 is 0.909 bits per heavy atom. The molecule has 0 saturated heterocycles. The summed E-state index contributed by atoms with van der Waals surface area (Å²) < 4.78 is 39.4. The Kier molecular flexibility index (Phi) is 5.64. The number of alkyl halides is 3. The van der Waals surface area contributed by atoms with E-state index in [1.54, 1.807) is 0 Å². The topological polar surface area (TPSA) is 66.9 Å². The van der Waals surface area contributed by atoms with Crippen LogP contribution in [0.25, 0.3) is 0 Å². The van der Waals surface area contributed by atoms with E-state index < -0.39 is 11.7 Å². The van der Waals surface area contributed by atoms with Crippen LogP contribution in [0, 0.1) is 19.3 Å². The zero-order valence-corrected chi connectivity index (χ0v) is 18.9. The molecule has 8 heteroatoms. The van der Waals surface area contributed by atoms with Crippen LogP contribution in [-0.2, 0) is 12.6 Å². The number of Topliss-reactive ketones (excluding diaryl/α,β-unsaturated/α-hetero) is 1. The summed E-state index contributed by atoms with van der Waals surface area (Å²) >= 11 is 0. The summed E-state index contributed by atoms with van der Waals surface area (Å²) in [5.41, 5.74) is 3.16. The molecule has 0 fully saturated rings. The van der Waals surface area contributed by atoms with E-state index >= 15 is 0 Å². The molecule has 0 radical (unpaired) electrons. The second kappa shape index (κ2) is 8.17. The number of aromatic nitrogens is 2. The maximum Gasteiger partial charge on any atom is 0.416 e. The standard InChI is InChI=1S/C25H25F3N4O/c1-14-8-9-18(10-15(14)2)29-22-21-19(12-24(3,4)13-20(21)33)31-23(32-22)30-17-7-5-6-16(11-17)25(26,27)28/h5-11H,12-13H2,1-4H3,(H2,29,30,31,32). The number of hydrogen-bond acceptors (Lipinski definition) is 5. The number of carbonyl (C=O) groups excluding carboxylic acids is 1. The number of aryl methyl sites for hydroxylation is 2. The van der Waals surface area contributed by atoms with Gasteiger partial charge in [0.05, 0.1) is 16.8 Å². The van der Waals surface area contributed by atoms with Crippen LogP contribution >= 0.6 is 0 Å². The highest BCUT2D eigenvalue weighted by atomic mass is 19.4. The van der Waals surface area contributed by atoms with Gasteiger partial charge in [0.2, 0.25) is 5.95 Å². The zero-order chi connectivity index (χ0) is 24.0. The molecule has 0 atom stereocenters. The normalized spacial score (nSPS) is 15.2. The Hall–Kier alpha value is -3.42. The summed E-state index contributed by atoms with van der Waals surface area (Å²) in [7, 11) is 0. The third kappa shape index (κ3) is 4.99. The van der Waals surface area contributed by atoms with E-state index in [4.69, 9.17) is 0 Å². The second-order valence-corrected chi connectivity index (χ2v) is 9.29. The number of benzene rings is 2. The number of anilines is 4. The predicted molar refractivity (Wildman–Crippen MR) is 122 cm³/mol. The Morgan fingerprint density at radius 3 is 2.33 bits per heavy atom. The van der Waals surface area contributed by atoms with Crippen molar-refractivity contribution in [2.75, 3.05) is 10.6 Å². The van der Waals surface area contributed by atoms with Crippen molar-refractivity contribution in [2.45, 2.75) is 46.7 Å². The quantitative estimate of drug-likeness (QED) is 0.456. The number of nitrogens with one attached hydrogen (secondary N) is 2. The molecule has 3 aromatic rings. The van der Waals surface area contributed by atoms with Gasteiger partial charge in [0.1, 0.15) is 5.82 Å². The van der Waals surface area contributed by atoms with Crippen LogP contribution in [0.2, 0.25) is 0 Å². The van der Waals surface area contributed by atoms with Gasteiger partial charge in [0, 0.05) is 17.8 Å². The first-order chi connectivity index (χ1) is 15.4. The molecule has 1 aliphatic carbocycles. The molecule has 2 N–H and O–H groups in total. The van der Waals surface area contributed by atoms with Gasteiger partial charge in [-0.3, -0.25) is 4.79 Å². The Bertz CT molecular complexity index is 1230. The fourth-order valence-electron chi connectivity index (χ4n) is 3.97. The molecule has 0 amide bonds. The number of nitrogens with zero attached hydrogens (tertiary/aromatic N) is 2. The van der Waals surface area contributed by atoms with Crippen molar-refractivity contribution in [3.63, 3.8) is 0 Å². The van der Waals surface area contributed by atoms with E-state index in [1.165, 1.54) is 12.1 Å². The van der Waals surface area contributed by atoms with E-state index in [1.807, 2.05) is 45.9 Å². The molecule has 0 aliphatic heterocycles. The van der Waals surface area contributed by atoms with E-state index in [-0.39, 0.29) is 22.8 Å². The van der Waals surface area contributed by atoms with Crippen molar-refractivity contribution in [1.29, 1.82) is 0 Å². The van der Waals surface area contributed by atoms with Crippen molar-refractivity contribution in [3.05, 3.63) is 70.4 Å². The third-order valence-corrected chi connectivity index (χ3v) is 5.76. The number of carbonyl (C=O) groups is 1. The van der Waals surface area contributed by atoms with Gasteiger partial charge in [-0.25, -0.2) is 4.98 Å². The minimum absolute atomic E-state index is 0.0572. The summed E-state index contributed by atoms with van der Waals surface area (Å²) in [5.74, 6) is 0.418. The molecule has 2 aromatic carbocycles. The Balaban J connectivity index is 1.76. The summed E-state index contributed by atoms with van der Waals surface area (Å²) in [6.07, 6.45) is -3.54. The van der Waals surface area contributed by atoms with Gasteiger partial charge in [-0.15, -0.1) is 0 Å². The summed E-state index contributed by atoms with van der Waals surface area (Å²) in [6.45, 7) is 7.98. The van der Waals surface area contributed by atoms with Crippen molar-refractivity contribution in [2.24, 2.45) is 5.41 Å². The van der Waals surface area contributed by atoms with Gasteiger partial charge >= 0.3 is 6.18 Å². The van der Waals surface area contributed by atoms with Crippen LogP contribution in [0.5, 0.6) is 0 Å². The van der Waals surface area contributed by atoms with Crippen molar-refractivity contribution in [3.8, 4) is 0 Å². The van der Waals surface area contributed by atoms with Gasteiger partial charge in [-0.05, 0) is 67.1 Å². The number of ketones is 1. The Morgan fingerprint density at radius 2 is 1.64 bits per heavy atom. The molecular weight excluding hydrogens is 429 g/mol. The first kappa shape index (κ1) is 22.8. The van der Waals surface area contributed by atoms with E-state index in [2.05, 4.69) is 20.6 Å². The summed E-state index contributed by atoms with van der Waals surface area (Å²) in [4.78, 5) is 22.0. The average molecular weight is 454 g/mol. The minimum Gasteiger partial charge on any atom is -0.339 e. The molecule has 0 bridgehead atoms. The van der Waals surface area contributed by atoms with Gasteiger partial charge in [0.15, 0.2) is 5.78 Å². The highest BCUT2D eigenvalue weighted by Gasteiger charge is 2.35. The lowest BCUT2D eigenvalue weighted by atomic mass is 9.75. The molecule has 33 heavy (non-hydrogen) atoms. The molecule has 0 saturated carbocycles. The van der Waals surface area contributed by atoms with Gasteiger partial charge < -0.3 is 10.6 Å². The second-order valence-electron chi connectivity index (χ2n) is 9.29. The van der Waals surface area contributed by atoms with Crippen molar-refractivity contribution < 1.29 is 18.0 Å². The fraction of sp³-hybridized carbons (Fsp3) is 0.320. The van der Waals surface area contributed by atoms with Crippen LogP contribution in [0.1, 0.15) is 53.0 Å². The molecule has 1 aliphatic rings. The number of rotatable bonds is 4. The summed E-state index contributed by atoms with van der Waals surface area (Å²) in [6, 6.07) is 10.7. The smallest absolute Gasteiger partial charge is 0.339 e. The number of fused-ring (bicyclic) bond motifs is 1. The molecule has 5 nitrogen and oxygen atoms in total. The highest BCUT2D eigenvalue weighted by molar-refractivity contribution is 6.03. The fourth-order valence-corrected chi connectivity index (χ4v) is 3.97. The van der Waals surface area contributed by atoms with Crippen molar-refractivity contribution >= 4 is 28.9 Å². The van der Waals surface area contributed by atoms with Crippen LogP contribution < -0.4 is 10.6 Å². The lowest BCUT2D eigenvalue weighted by Gasteiger charge is -2.30. The van der Waals surface area contributed by atoms with E-state index in [0.717, 1.165) is 28.9 Å². The largest absolute Gasteiger partial charge is 0.416 e. The SMILES string of the molecule is Cc1ccc(Nc2nc(Nc3cccc(C(F)(F)F)c3)nc3c2C(=O)CC(C)(C)C3)cc1C. The van der Waals surface area contributed by atoms with Crippen LogP contribution in [-0.4, -0.2) is 15.8 Å². The average Bonchev–Trinajstić information content (AvgIpc) is 2.69. The van der Waals surface area contributed by atoms with Gasteiger partial charge in [-0.2, -0.15) is 18.2 Å². The number of halogens is 3. The molecule has 172 valence electrons. The minimum atomic E-state index is -4.46. The summed E-state index contributed by atoms with van der Waals surface area (Å²) in [5, 5.41) is 6.11. The number of hydrogen-bond donors (Lipinski definition) is 2. The predicted octanol–water partition coefficient (Wildman–Crippen LogP) is 6.75. The molecule has 0 unspecified atom stereocenters. The monoisotopic (exact) mass is 454 g/mol. The molecule has 1 heterocycles. The van der Waals surface area contributed by atoms with E-state index in [0.29, 0.717) is 29.9 Å². The lowest BCUT2D eigenvalue weighted by Crippen LogP contribution is -2.29. The molecular formula is C25H25F3N4O. The zero-order valence-electron chi connectivity index (χ0n) is 18.9. The third-order valence-electron chi connectivity index (χ3n) is 5.76.